The van der Waals surface area contributed by atoms with Gasteiger partial charge in [0.1, 0.15) is 12.1 Å². The third-order valence-electron chi connectivity index (χ3n) is 3.62. The van der Waals surface area contributed by atoms with Crippen LogP contribution in [0, 0.1) is 5.92 Å². The molecular weight excluding hydrogens is 360 g/mol. The summed E-state index contributed by atoms with van der Waals surface area (Å²) >= 11 is 0. The van der Waals surface area contributed by atoms with Gasteiger partial charge in [0.15, 0.2) is 6.04 Å². The first-order valence-corrected chi connectivity index (χ1v) is 8.59. The molecule has 5 unspecified atom stereocenters. The smallest absolute Gasteiger partial charge is 0.328 e. The first-order chi connectivity index (χ1) is 12.4. The highest BCUT2D eigenvalue weighted by molar-refractivity contribution is 5.94. The van der Waals surface area contributed by atoms with Crippen LogP contribution in [0.25, 0.3) is 0 Å². The summed E-state index contributed by atoms with van der Waals surface area (Å²) in [6.45, 7) is 5.47. The van der Waals surface area contributed by atoms with Crippen molar-refractivity contribution in [3.8, 4) is 0 Å². The monoisotopic (exact) mass is 390 g/mol. The Morgan fingerprint density at radius 1 is 0.889 bits per heavy atom. The van der Waals surface area contributed by atoms with Gasteiger partial charge in [0.2, 0.25) is 17.7 Å². The first kappa shape index (κ1) is 24.8. The van der Waals surface area contributed by atoms with E-state index < -0.39 is 60.6 Å². The highest BCUT2D eigenvalue weighted by Gasteiger charge is 2.31. The molecule has 0 heterocycles. The summed E-state index contributed by atoms with van der Waals surface area (Å²) in [4.78, 5) is 47.4. The van der Waals surface area contributed by atoms with Gasteiger partial charge in [-0.1, -0.05) is 13.8 Å². The molecule has 5 atom stereocenters. The van der Waals surface area contributed by atoms with Gasteiger partial charge in [-0.15, -0.1) is 0 Å². The van der Waals surface area contributed by atoms with Crippen LogP contribution in [0.5, 0.6) is 0 Å². The zero-order valence-electron chi connectivity index (χ0n) is 15.9. The van der Waals surface area contributed by atoms with E-state index in [0.717, 1.165) is 0 Å². The number of carbonyl (C=O) groups excluding carboxylic acids is 3. The molecule has 0 aromatic carbocycles. The van der Waals surface area contributed by atoms with Gasteiger partial charge in [-0.3, -0.25) is 14.4 Å². The van der Waals surface area contributed by atoms with Crippen LogP contribution in [0.1, 0.15) is 34.1 Å². The molecule has 0 aromatic heterocycles. The molecule has 0 radical (unpaired) electrons. The number of aliphatic carboxylic acids is 1. The minimum Gasteiger partial charge on any atom is -0.480 e. The van der Waals surface area contributed by atoms with Gasteiger partial charge in [-0.05, 0) is 26.2 Å². The van der Waals surface area contributed by atoms with Crippen LogP contribution in [0.15, 0.2) is 0 Å². The highest BCUT2D eigenvalue weighted by atomic mass is 16.4. The maximum absolute atomic E-state index is 12.4. The quantitative estimate of drug-likeness (QED) is 0.198. The Kier molecular flexibility index (Phi) is 10.5. The van der Waals surface area contributed by atoms with E-state index in [1.54, 1.807) is 0 Å². The number of carboxylic acid groups (broad SMARTS) is 1. The number of carboxylic acids is 1. The number of aliphatic hydroxyl groups is 2. The number of carbonyl (C=O) groups is 4. The van der Waals surface area contributed by atoms with E-state index >= 15 is 0 Å². The summed E-state index contributed by atoms with van der Waals surface area (Å²) in [7, 11) is 0. The number of hydrogen-bond donors (Lipinski definition) is 7. The predicted octanol–water partition coefficient (Wildman–Crippen LogP) is -2.71. The third-order valence-corrected chi connectivity index (χ3v) is 3.62. The molecule has 0 fully saturated rings. The van der Waals surface area contributed by atoms with Crippen LogP contribution < -0.4 is 21.7 Å². The Labute approximate surface area is 157 Å². The van der Waals surface area contributed by atoms with Gasteiger partial charge in [-0.25, -0.2) is 4.79 Å². The van der Waals surface area contributed by atoms with Crippen LogP contribution >= 0.6 is 0 Å². The van der Waals surface area contributed by atoms with Crippen LogP contribution in [-0.4, -0.2) is 75.9 Å². The maximum atomic E-state index is 12.4. The second-order valence-electron chi connectivity index (χ2n) is 6.79. The number of nitrogens with two attached hydrogens (primary N) is 1. The second kappa shape index (κ2) is 11.5. The molecule has 0 aromatic rings. The summed E-state index contributed by atoms with van der Waals surface area (Å²) in [6.07, 6.45) is -1.13. The second-order valence-corrected chi connectivity index (χ2v) is 6.79. The summed E-state index contributed by atoms with van der Waals surface area (Å²) in [5.41, 5.74) is 5.48. The van der Waals surface area contributed by atoms with E-state index in [2.05, 4.69) is 10.6 Å². The lowest BCUT2D eigenvalue weighted by atomic mass is 10.0. The lowest BCUT2D eigenvalue weighted by Gasteiger charge is -2.25. The van der Waals surface area contributed by atoms with Crippen molar-refractivity contribution in [2.45, 2.75) is 64.4 Å². The molecule has 0 saturated carbocycles. The first-order valence-electron chi connectivity index (χ1n) is 8.59. The van der Waals surface area contributed by atoms with Crippen molar-refractivity contribution < 1.29 is 34.5 Å². The Hall–Kier alpha value is -2.24. The van der Waals surface area contributed by atoms with E-state index in [9.17, 15) is 29.4 Å². The molecule has 0 aliphatic carbocycles. The SMILES string of the molecule is CC(C)CC(NC(=O)C(C)N)C(=O)NC(CO)C(=O)NC(C(=O)O)C(C)O. The summed E-state index contributed by atoms with van der Waals surface area (Å²) in [6, 6.07) is -4.89. The molecule has 27 heavy (non-hydrogen) atoms. The minimum atomic E-state index is -1.60. The largest absolute Gasteiger partial charge is 0.480 e. The Balaban J connectivity index is 5.15. The summed E-state index contributed by atoms with van der Waals surface area (Å²) in [5.74, 6) is -3.71. The molecule has 11 nitrogen and oxygen atoms in total. The number of hydrogen-bond acceptors (Lipinski definition) is 7. The maximum Gasteiger partial charge on any atom is 0.328 e. The predicted molar refractivity (Wildman–Crippen MR) is 95.3 cm³/mol. The van der Waals surface area contributed by atoms with E-state index in [-0.39, 0.29) is 12.3 Å². The fourth-order valence-electron chi connectivity index (χ4n) is 2.12. The van der Waals surface area contributed by atoms with Gasteiger partial charge in [0.05, 0.1) is 18.8 Å². The normalized spacial score (nSPS) is 16.6. The van der Waals surface area contributed by atoms with Crippen LogP contribution in [0.3, 0.4) is 0 Å². The number of nitrogens with one attached hydrogen (secondary N) is 3. The number of rotatable bonds is 11. The molecule has 0 rings (SSSR count). The van der Waals surface area contributed by atoms with Crippen molar-refractivity contribution in [1.82, 2.24) is 16.0 Å². The van der Waals surface area contributed by atoms with E-state index in [1.165, 1.54) is 13.8 Å². The standard InChI is InChI=1S/C16H30N4O7/c1-7(2)5-10(18-13(23)8(3)17)14(24)19-11(6-21)15(25)20-12(9(4)22)16(26)27/h7-12,21-22H,5-6,17H2,1-4H3,(H,18,23)(H,19,24)(H,20,25)(H,26,27). The molecule has 0 aliphatic rings. The Morgan fingerprint density at radius 3 is 1.74 bits per heavy atom. The minimum absolute atomic E-state index is 0.0298. The molecule has 11 heteroatoms. The lowest BCUT2D eigenvalue weighted by Crippen LogP contribution is -2.59. The summed E-state index contributed by atoms with van der Waals surface area (Å²) in [5, 5.41) is 34.5. The highest BCUT2D eigenvalue weighted by Crippen LogP contribution is 2.06. The number of aliphatic hydroxyl groups excluding tert-OH is 2. The van der Waals surface area contributed by atoms with Crippen LogP contribution in [0.4, 0.5) is 0 Å². The Morgan fingerprint density at radius 2 is 1.37 bits per heavy atom. The van der Waals surface area contributed by atoms with Crippen molar-refractivity contribution in [3.05, 3.63) is 0 Å². The van der Waals surface area contributed by atoms with E-state index in [1.807, 2.05) is 19.2 Å². The van der Waals surface area contributed by atoms with Crippen molar-refractivity contribution >= 4 is 23.7 Å². The lowest BCUT2D eigenvalue weighted by molar-refractivity contribution is -0.145. The van der Waals surface area contributed by atoms with Gasteiger partial charge in [0.25, 0.3) is 0 Å². The van der Waals surface area contributed by atoms with Crippen molar-refractivity contribution in [2.75, 3.05) is 6.61 Å². The van der Waals surface area contributed by atoms with Gasteiger partial charge in [-0.2, -0.15) is 0 Å². The van der Waals surface area contributed by atoms with Gasteiger partial charge >= 0.3 is 5.97 Å². The third kappa shape index (κ3) is 8.80. The molecule has 0 aliphatic heterocycles. The van der Waals surface area contributed by atoms with Crippen molar-refractivity contribution in [2.24, 2.45) is 11.7 Å². The molecule has 3 amide bonds. The molecule has 0 saturated heterocycles. The summed E-state index contributed by atoms with van der Waals surface area (Å²) < 4.78 is 0. The van der Waals surface area contributed by atoms with Crippen molar-refractivity contribution in [1.29, 1.82) is 0 Å². The molecule has 8 N–H and O–H groups in total. The van der Waals surface area contributed by atoms with E-state index in [0.29, 0.717) is 0 Å². The molecule has 0 spiro atoms. The van der Waals surface area contributed by atoms with Crippen molar-refractivity contribution in [3.63, 3.8) is 0 Å². The average molecular weight is 390 g/mol. The zero-order valence-corrected chi connectivity index (χ0v) is 15.9. The molecular formula is C16H30N4O7. The van der Waals surface area contributed by atoms with Gasteiger partial charge in [0, 0.05) is 0 Å². The fourth-order valence-corrected chi connectivity index (χ4v) is 2.12. The molecule has 156 valence electrons. The molecule has 0 bridgehead atoms. The fraction of sp³-hybridized carbons (Fsp3) is 0.750. The van der Waals surface area contributed by atoms with Crippen LogP contribution in [-0.2, 0) is 19.2 Å². The average Bonchev–Trinajstić information content (AvgIpc) is 2.54. The topological polar surface area (TPSA) is 191 Å². The zero-order chi connectivity index (χ0) is 21.3. The van der Waals surface area contributed by atoms with Gasteiger partial charge < -0.3 is 37.0 Å². The number of amides is 3. The van der Waals surface area contributed by atoms with E-state index in [4.69, 9.17) is 10.8 Å². The Bertz CT molecular complexity index is 537. The van der Waals surface area contributed by atoms with Crippen LogP contribution in [0.2, 0.25) is 0 Å².